The lowest BCUT2D eigenvalue weighted by Gasteiger charge is -2.33. The number of hydrogen-bond acceptors (Lipinski definition) is 9. The molecule has 3 aliphatic heterocycles. The molecular formula is C38H52FN5O9S. The number of rotatable bonds is 5. The van der Waals surface area contributed by atoms with E-state index in [9.17, 15) is 36.8 Å². The van der Waals surface area contributed by atoms with Crippen LogP contribution in [0.5, 0.6) is 0 Å². The van der Waals surface area contributed by atoms with Crippen LogP contribution in [0.25, 0.3) is 0 Å². The minimum atomic E-state index is -4.03. The van der Waals surface area contributed by atoms with E-state index < -0.39 is 91.7 Å². The number of alkyl carbamates (subject to hydrolysis) is 1. The van der Waals surface area contributed by atoms with Gasteiger partial charge in [0, 0.05) is 24.4 Å². The Morgan fingerprint density at radius 3 is 2.46 bits per heavy atom. The Morgan fingerprint density at radius 1 is 1.07 bits per heavy atom. The minimum absolute atomic E-state index is 0.00775. The predicted molar refractivity (Wildman–Crippen MR) is 194 cm³/mol. The molecule has 6 rings (SSSR count). The van der Waals surface area contributed by atoms with Crippen LogP contribution < -0.4 is 15.4 Å². The number of ether oxygens (including phenoxy) is 2. The van der Waals surface area contributed by atoms with Crippen LogP contribution in [0, 0.1) is 23.6 Å². The maximum atomic E-state index is 14.6. The number of nitrogens with one attached hydrogen (secondary N) is 3. The summed E-state index contributed by atoms with van der Waals surface area (Å²) < 4.78 is 53.2. The second-order valence-corrected chi connectivity index (χ2v) is 19.3. The molecule has 0 unspecified atom stereocenters. The van der Waals surface area contributed by atoms with E-state index in [1.165, 1.54) is 15.9 Å². The van der Waals surface area contributed by atoms with Crippen LogP contribution in [-0.4, -0.2) is 88.7 Å². The van der Waals surface area contributed by atoms with Crippen molar-refractivity contribution in [2.45, 2.75) is 134 Å². The lowest BCUT2D eigenvalue weighted by molar-refractivity contribution is -0.142. The van der Waals surface area contributed by atoms with Crippen molar-refractivity contribution in [2.24, 2.45) is 17.8 Å². The third-order valence-corrected chi connectivity index (χ3v) is 13.5. The van der Waals surface area contributed by atoms with Gasteiger partial charge in [0.1, 0.15) is 35.1 Å². The van der Waals surface area contributed by atoms with Crippen molar-refractivity contribution in [2.75, 3.05) is 6.54 Å². The molecule has 1 saturated heterocycles. The molecule has 54 heavy (non-hydrogen) atoms. The first-order chi connectivity index (χ1) is 25.2. The zero-order valence-corrected chi connectivity index (χ0v) is 32.6. The summed E-state index contributed by atoms with van der Waals surface area (Å²) in [5, 5.41) is 5.55. The van der Waals surface area contributed by atoms with Crippen molar-refractivity contribution in [3.8, 4) is 0 Å². The van der Waals surface area contributed by atoms with Gasteiger partial charge in [0.25, 0.3) is 5.91 Å². The van der Waals surface area contributed by atoms with Gasteiger partial charge >= 0.3 is 12.2 Å². The molecule has 2 saturated carbocycles. The number of carbonyl (C=O) groups is 5. The van der Waals surface area contributed by atoms with Gasteiger partial charge in [-0.25, -0.2) is 22.4 Å². The van der Waals surface area contributed by atoms with Crippen molar-refractivity contribution in [1.29, 1.82) is 0 Å². The molecule has 5 amide bonds. The largest absolute Gasteiger partial charge is 0.444 e. The normalized spacial score (nSPS) is 31.4. The fraction of sp³-hybridized carbons (Fsp3) is 0.658. The monoisotopic (exact) mass is 773 g/mol. The summed E-state index contributed by atoms with van der Waals surface area (Å²) in [6.07, 6.45) is 3.94. The van der Waals surface area contributed by atoms with Gasteiger partial charge in [-0.05, 0) is 89.7 Å². The third kappa shape index (κ3) is 8.22. The summed E-state index contributed by atoms with van der Waals surface area (Å²) in [4.78, 5) is 72.0. The average Bonchev–Trinajstić information content (AvgIpc) is 3.86. The van der Waals surface area contributed by atoms with Crippen molar-refractivity contribution in [3.63, 3.8) is 0 Å². The Hall–Kier alpha value is -4.21. The molecule has 0 spiro atoms. The van der Waals surface area contributed by atoms with E-state index in [0.29, 0.717) is 36.8 Å². The smallest absolute Gasteiger partial charge is 0.410 e. The number of carbonyl (C=O) groups excluding carboxylic acids is 5. The molecule has 14 nitrogen and oxygen atoms in total. The van der Waals surface area contributed by atoms with E-state index in [1.807, 2.05) is 26.0 Å². The summed E-state index contributed by atoms with van der Waals surface area (Å²) in [7, 11) is -4.03. The van der Waals surface area contributed by atoms with Crippen LogP contribution in [0.3, 0.4) is 0 Å². The second kappa shape index (κ2) is 14.5. The number of halogens is 1. The first-order valence-corrected chi connectivity index (χ1v) is 20.3. The second-order valence-electron chi connectivity index (χ2n) is 17.1. The van der Waals surface area contributed by atoms with E-state index >= 15 is 0 Å². The van der Waals surface area contributed by atoms with Gasteiger partial charge in [0.05, 0.1) is 17.8 Å². The molecule has 3 fully saturated rings. The van der Waals surface area contributed by atoms with Crippen LogP contribution in [-0.2, 0) is 47.0 Å². The molecule has 0 radical (unpaired) electrons. The van der Waals surface area contributed by atoms with E-state index in [1.54, 1.807) is 39.8 Å². The Bertz CT molecular complexity index is 1840. The number of benzene rings is 1. The zero-order chi connectivity index (χ0) is 39.4. The highest BCUT2D eigenvalue weighted by atomic mass is 32.2. The van der Waals surface area contributed by atoms with Crippen molar-refractivity contribution in [1.82, 2.24) is 25.2 Å². The van der Waals surface area contributed by atoms with E-state index in [2.05, 4.69) is 15.4 Å². The van der Waals surface area contributed by atoms with Crippen molar-refractivity contribution >= 4 is 39.9 Å². The van der Waals surface area contributed by atoms with Crippen molar-refractivity contribution < 1.29 is 46.3 Å². The quantitative estimate of drug-likeness (QED) is 0.373. The highest BCUT2D eigenvalue weighted by molar-refractivity contribution is 7.91. The molecule has 1 aromatic rings. The summed E-state index contributed by atoms with van der Waals surface area (Å²) in [6, 6.07) is 2.23. The number of allylic oxidation sites excluding steroid dienone is 1. The van der Waals surface area contributed by atoms with E-state index in [-0.39, 0.29) is 38.4 Å². The molecule has 16 heteroatoms. The Morgan fingerprint density at radius 2 is 1.80 bits per heavy atom. The molecule has 1 aromatic carbocycles. The van der Waals surface area contributed by atoms with Crippen LogP contribution >= 0.6 is 0 Å². The molecule has 0 aromatic heterocycles. The zero-order valence-electron chi connectivity index (χ0n) is 31.8. The average molecular weight is 774 g/mol. The van der Waals surface area contributed by atoms with Gasteiger partial charge in [0.2, 0.25) is 21.8 Å². The van der Waals surface area contributed by atoms with E-state index in [4.69, 9.17) is 9.47 Å². The molecule has 3 N–H and O–H groups in total. The number of sulfonamides is 1. The standard InChI is InChI=1S/C38H52FN5O9S/c1-22-10-7-8-12-25-18-38(25,33(47)42-54(50,51)37(6)14-15-37)41-31(45)29-17-26(52-35(49)43-19-24-11-9-13-28(39)27(24)21-43)20-44(29)32(46)30(23(2)16-22)40-34(48)53-36(3,4)5/h8-9,11-13,22-23,25-26,29-30H,7,10,14-21H2,1-6H3,(H,40,48)(H,41,45)(H,42,47)/b12-8-/t22-,23+,25+,26+,29-,30-,38+/m0/s1. The first-order valence-electron chi connectivity index (χ1n) is 18.8. The molecule has 2 aliphatic carbocycles. The molecule has 0 bridgehead atoms. The fourth-order valence-electron chi connectivity index (χ4n) is 7.76. The lowest BCUT2D eigenvalue weighted by atomic mass is 9.88. The Labute approximate surface area is 316 Å². The summed E-state index contributed by atoms with van der Waals surface area (Å²) >= 11 is 0. The van der Waals surface area contributed by atoms with Gasteiger partial charge in [-0.1, -0.05) is 38.1 Å². The molecular weight excluding hydrogens is 722 g/mol. The summed E-state index contributed by atoms with van der Waals surface area (Å²) in [5.41, 5.74) is -1.41. The van der Waals surface area contributed by atoms with Gasteiger partial charge in [-0.2, -0.15) is 0 Å². The van der Waals surface area contributed by atoms with Gasteiger partial charge in [0.15, 0.2) is 0 Å². The molecule has 5 aliphatic rings. The van der Waals surface area contributed by atoms with Gasteiger partial charge in [-0.15, -0.1) is 0 Å². The maximum absolute atomic E-state index is 14.6. The number of nitrogens with zero attached hydrogens (tertiary/aromatic N) is 2. The topological polar surface area (TPSA) is 181 Å². The fourth-order valence-corrected chi connectivity index (χ4v) is 9.07. The van der Waals surface area contributed by atoms with Gasteiger partial charge < -0.3 is 25.0 Å². The SMILES string of the molecule is C[C@H]1CC/C=C\[C@@H]2C[C@@]2(C(=O)NS(=O)(=O)C2(C)CC2)NC(=O)[C@@H]2C[C@@H](OC(=O)N3Cc4cccc(F)c4C3)CN2C(=O)[C@@H](NC(=O)OC(C)(C)C)[C@H](C)C1. The van der Waals surface area contributed by atoms with Gasteiger partial charge in [-0.3, -0.25) is 24.0 Å². The van der Waals surface area contributed by atoms with Crippen molar-refractivity contribution in [3.05, 3.63) is 47.3 Å². The van der Waals surface area contributed by atoms with E-state index in [0.717, 1.165) is 6.42 Å². The molecule has 296 valence electrons. The Balaban J connectivity index is 1.29. The minimum Gasteiger partial charge on any atom is -0.444 e. The third-order valence-electron chi connectivity index (χ3n) is 11.4. The lowest BCUT2D eigenvalue weighted by Crippen LogP contribution is -2.59. The maximum Gasteiger partial charge on any atom is 0.410 e. The van der Waals surface area contributed by atoms with Crippen LogP contribution in [0.15, 0.2) is 30.4 Å². The molecule has 3 heterocycles. The summed E-state index contributed by atoms with van der Waals surface area (Å²) in [5.74, 6) is -3.41. The molecule has 7 atom stereocenters. The number of hydrogen-bond donors (Lipinski definition) is 3. The highest BCUT2D eigenvalue weighted by Crippen LogP contribution is 2.47. The van der Waals surface area contributed by atoms with Crippen LogP contribution in [0.1, 0.15) is 97.6 Å². The summed E-state index contributed by atoms with van der Waals surface area (Å²) in [6.45, 7) is 10.4. The number of amides is 5. The highest BCUT2D eigenvalue weighted by Gasteiger charge is 2.63. The Kier molecular flexibility index (Phi) is 10.6. The predicted octanol–water partition coefficient (Wildman–Crippen LogP) is 4.03. The first kappa shape index (κ1) is 39.5. The van der Waals surface area contributed by atoms with Crippen LogP contribution in [0.2, 0.25) is 0 Å². The van der Waals surface area contributed by atoms with Crippen LogP contribution in [0.4, 0.5) is 14.0 Å². The number of fused-ring (bicyclic) bond motifs is 3.